The zero-order chi connectivity index (χ0) is 13.9. The zero-order valence-electron chi connectivity index (χ0n) is 12.2. The molecule has 5 heteroatoms. The standard InChI is InChI=1S/C15H22N4S/c1-11-10-20-14(17-11)12(2)18-15-16-8-9-19(15)13-6-4-3-5-7-13/h8-10,12-13H,3-7H2,1-2H3,(H,16,18). The molecule has 0 radical (unpaired) electrons. The van der Waals surface area contributed by atoms with E-state index in [1.807, 2.05) is 13.1 Å². The van der Waals surface area contributed by atoms with E-state index in [1.165, 1.54) is 32.1 Å². The highest BCUT2D eigenvalue weighted by atomic mass is 32.1. The Morgan fingerprint density at radius 3 is 2.85 bits per heavy atom. The molecule has 0 amide bonds. The van der Waals surface area contributed by atoms with Gasteiger partial charge in [0, 0.05) is 29.5 Å². The van der Waals surface area contributed by atoms with Gasteiger partial charge in [-0.05, 0) is 26.7 Å². The van der Waals surface area contributed by atoms with Crippen molar-refractivity contribution in [3.63, 3.8) is 0 Å². The molecule has 1 aliphatic carbocycles. The lowest BCUT2D eigenvalue weighted by Crippen LogP contribution is -2.17. The average Bonchev–Trinajstić information content (AvgIpc) is 3.09. The third-order valence-electron chi connectivity index (χ3n) is 3.99. The normalized spacial score (nSPS) is 18.1. The van der Waals surface area contributed by atoms with Crippen molar-refractivity contribution in [2.75, 3.05) is 5.32 Å². The van der Waals surface area contributed by atoms with Gasteiger partial charge >= 0.3 is 0 Å². The Morgan fingerprint density at radius 1 is 1.35 bits per heavy atom. The molecule has 1 N–H and O–H groups in total. The van der Waals surface area contributed by atoms with Crippen molar-refractivity contribution in [3.05, 3.63) is 28.5 Å². The maximum absolute atomic E-state index is 4.55. The largest absolute Gasteiger partial charge is 0.347 e. The number of thiazole rings is 1. The SMILES string of the molecule is Cc1csc(C(C)Nc2nccn2C2CCCCC2)n1. The van der Waals surface area contributed by atoms with Crippen LogP contribution < -0.4 is 5.32 Å². The van der Waals surface area contributed by atoms with Crippen LogP contribution in [0.4, 0.5) is 5.95 Å². The molecule has 4 nitrogen and oxygen atoms in total. The fourth-order valence-electron chi connectivity index (χ4n) is 2.91. The van der Waals surface area contributed by atoms with E-state index in [9.17, 15) is 0 Å². The van der Waals surface area contributed by atoms with Crippen LogP contribution in [0.1, 0.15) is 61.8 Å². The van der Waals surface area contributed by atoms with Crippen molar-refractivity contribution in [2.24, 2.45) is 0 Å². The number of nitrogens with zero attached hydrogens (tertiary/aromatic N) is 3. The van der Waals surface area contributed by atoms with Gasteiger partial charge in [0.25, 0.3) is 0 Å². The summed E-state index contributed by atoms with van der Waals surface area (Å²) in [6.07, 6.45) is 10.6. The van der Waals surface area contributed by atoms with Gasteiger partial charge in [0.1, 0.15) is 5.01 Å². The monoisotopic (exact) mass is 290 g/mol. The van der Waals surface area contributed by atoms with Crippen LogP contribution in [-0.4, -0.2) is 14.5 Å². The van der Waals surface area contributed by atoms with Gasteiger partial charge in [-0.3, -0.25) is 0 Å². The van der Waals surface area contributed by atoms with Crippen LogP contribution in [0.2, 0.25) is 0 Å². The van der Waals surface area contributed by atoms with Crippen LogP contribution in [0.5, 0.6) is 0 Å². The van der Waals surface area contributed by atoms with Crippen LogP contribution in [0.25, 0.3) is 0 Å². The maximum Gasteiger partial charge on any atom is 0.203 e. The van der Waals surface area contributed by atoms with Crippen LogP contribution in [0.15, 0.2) is 17.8 Å². The highest BCUT2D eigenvalue weighted by molar-refractivity contribution is 7.09. The third-order valence-corrected chi connectivity index (χ3v) is 5.13. The van der Waals surface area contributed by atoms with E-state index < -0.39 is 0 Å². The van der Waals surface area contributed by atoms with Gasteiger partial charge in [-0.25, -0.2) is 9.97 Å². The quantitative estimate of drug-likeness (QED) is 0.911. The summed E-state index contributed by atoms with van der Waals surface area (Å²) in [5.74, 6) is 0.984. The van der Waals surface area contributed by atoms with Gasteiger partial charge in [-0.2, -0.15) is 0 Å². The second-order valence-electron chi connectivity index (χ2n) is 5.64. The molecule has 2 aromatic heterocycles. The summed E-state index contributed by atoms with van der Waals surface area (Å²) in [7, 11) is 0. The first-order chi connectivity index (χ1) is 9.74. The molecule has 20 heavy (non-hydrogen) atoms. The van der Waals surface area contributed by atoms with Crippen molar-refractivity contribution in [2.45, 2.75) is 58.0 Å². The van der Waals surface area contributed by atoms with E-state index in [0.717, 1.165) is 16.6 Å². The van der Waals surface area contributed by atoms with Gasteiger partial charge < -0.3 is 9.88 Å². The molecule has 1 aliphatic rings. The molecule has 2 aromatic rings. The molecule has 0 saturated heterocycles. The van der Waals surface area contributed by atoms with Crippen LogP contribution >= 0.6 is 11.3 Å². The average molecular weight is 290 g/mol. The molecule has 3 rings (SSSR count). The molecule has 1 saturated carbocycles. The van der Waals surface area contributed by atoms with E-state index in [4.69, 9.17) is 0 Å². The molecular weight excluding hydrogens is 268 g/mol. The predicted molar refractivity (Wildman–Crippen MR) is 83.2 cm³/mol. The number of hydrogen-bond acceptors (Lipinski definition) is 4. The van der Waals surface area contributed by atoms with Gasteiger partial charge in [0.15, 0.2) is 0 Å². The van der Waals surface area contributed by atoms with Crippen molar-refractivity contribution in [1.29, 1.82) is 0 Å². The van der Waals surface area contributed by atoms with Crippen molar-refractivity contribution >= 4 is 17.3 Å². The number of aryl methyl sites for hydroxylation is 1. The molecule has 108 valence electrons. The Hall–Kier alpha value is -1.36. The summed E-state index contributed by atoms with van der Waals surface area (Å²) in [5.41, 5.74) is 1.09. The van der Waals surface area contributed by atoms with E-state index in [0.29, 0.717) is 6.04 Å². The fourth-order valence-corrected chi connectivity index (χ4v) is 3.71. The van der Waals surface area contributed by atoms with E-state index >= 15 is 0 Å². The van der Waals surface area contributed by atoms with Crippen LogP contribution in [0, 0.1) is 6.92 Å². The molecule has 0 aromatic carbocycles. The molecule has 0 spiro atoms. The maximum atomic E-state index is 4.55. The summed E-state index contributed by atoms with van der Waals surface area (Å²) >= 11 is 1.71. The van der Waals surface area contributed by atoms with Crippen molar-refractivity contribution in [3.8, 4) is 0 Å². The molecule has 0 bridgehead atoms. The van der Waals surface area contributed by atoms with Crippen LogP contribution in [0.3, 0.4) is 0 Å². The lowest BCUT2D eigenvalue weighted by Gasteiger charge is -2.25. The van der Waals surface area contributed by atoms with Gasteiger partial charge in [0.2, 0.25) is 5.95 Å². The first-order valence-corrected chi connectivity index (χ1v) is 8.33. The van der Waals surface area contributed by atoms with Crippen molar-refractivity contribution < 1.29 is 0 Å². The molecule has 1 atom stereocenters. The molecule has 1 fully saturated rings. The van der Waals surface area contributed by atoms with E-state index in [2.05, 4.69) is 38.4 Å². The minimum Gasteiger partial charge on any atom is -0.347 e. The minimum atomic E-state index is 0.207. The van der Waals surface area contributed by atoms with E-state index in [1.54, 1.807) is 11.3 Å². The summed E-state index contributed by atoms with van der Waals surface area (Å²) in [6, 6.07) is 0.817. The van der Waals surface area contributed by atoms with Crippen LogP contribution in [-0.2, 0) is 0 Å². The summed E-state index contributed by atoms with van der Waals surface area (Å²) in [6.45, 7) is 4.19. The number of aromatic nitrogens is 3. The summed E-state index contributed by atoms with van der Waals surface area (Å²) < 4.78 is 2.32. The first-order valence-electron chi connectivity index (χ1n) is 7.45. The molecule has 2 heterocycles. The highest BCUT2D eigenvalue weighted by Gasteiger charge is 2.19. The number of anilines is 1. The second kappa shape index (κ2) is 5.95. The van der Waals surface area contributed by atoms with Gasteiger partial charge in [-0.15, -0.1) is 11.3 Å². The Balaban J connectivity index is 1.72. The lowest BCUT2D eigenvalue weighted by atomic mass is 9.95. The second-order valence-corrected chi connectivity index (χ2v) is 6.53. The summed E-state index contributed by atoms with van der Waals surface area (Å²) in [4.78, 5) is 9.04. The Labute approximate surface area is 124 Å². The first kappa shape index (κ1) is 13.6. The summed E-state index contributed by atoms with van der Waals surface area (Å²) in [5, 5.41) is 6.74. The van der Waals surface area contributed by atoms with Gasteiger partial charge in [0.05, 0.1) is 6.04 Å². The third kappa shape index (κ3) is 2.87. The zero-order valence-corrected chi connectivity index (χ0v) is 13.0. The fraction of sp³-hybridized carbons (Fsp3) is 0.600. The molecule has 1 unspecified atom stereocenters. The smallest absolute Gasteiger partial charge is 0.203 e. The number of rotatable bonds is 4. The highest BCUT2D eigenvalue weighted by Crippen LogP contribution is 2.31. The topological polar surface area (TPSA) is 42.7 Å². The lowest BCUT2D eigenvalue weighted by molar-refractivity contribution is 0.355. The Bertz CT molecular complexity index is 554. The predicted octanol–water partition coefficient (Wildman–Crippen LogP) is 4.33. The number of hydrogen-bond donors (Lipinski definition) is 1. The Morgan fingerprint density at radius 2 is 2.15 bits per heavy atom. The van der Waals surface area contributed by atoms with Crippen molar-refractivity contribution in [1.82, 2.24) is 14.5 Å². The number of nitrogens with one attached hydrogen (secondary N) is 1. The molecular formula is C15H22N4S. The van der Waals surface area contributed by atoms with Gasteiger partial charge in [-0.1, -0.05) is 19.3 Å². The minimum absolute atomic E-state index is 0.207. The number of imidazole rings is 1. The Kier molecular flexibility index (Phi) is 4.05. The van der Waals surface area contributed by atoms with E-state index in [-0.39, 0.29) is 6.04 Å². The molecule has 0 aliphatic heterocycles.